The first-order valence-electron chi connectivity index (χ1n) is 8.30. The second-order valence-corrected chi connectivity index (χ2v) is 6.62. The Bertz CT molecular complexity index is 951. The number of aromatic nitrogens is 1. The number of hydrogen-bond donors (Lipinski definition) is 2. The Morgan fingerprint density at radius 2 is 1.93 bits per heavy atom. The molecular weight excluding hydrogens is 362 g/mol. The van der Waals surface area contributed by atoms with E-state index in [2.05, 4.69) is 15.6 Å². The molecule has 0 fully saturated rings. The van der Waals surface area contributed by atoms with Crippen molar-refractivity contribution in [3.63, 3.8) is 0 Å². The van der Waals surface area contributed by atoms with Gasteiger partial charge in [-0.1, -0.05) is 6.07 Å². The van der Waals surface area contributed by atoms with Crippen LogP contribution in [0.1, 0.15) is 16.1 Å². The summed E-state index contributed by atoms with van der Waals surface area (Å²) in [5, 5.41) is 8.09. The van der Waals surface area contributed by atoms with Crippen LogP contribution in [-0.2, 0) is 11.2 Å². The first-order valence-corrected chi connectivity index (χ1v) is 9.18. The van der Waals surface area contributed by atoms with Crippen LogP contribution in [0.15, 0.2) is 53.9 Å². The van der Waals surface area contributed by atoms with Crippen LogP contribution in [0.5, 0.6) is 5.75 Å². The number of carbonyl (C=O) groups excluding carboxylic acids is 2. The standard InChI is InChI=1S/C20H19N3O3S/c1-21-19(25)14-4-3-5-15(10-14)22-18(24)11-16-12-27-20(23-16)13-6-8-17(26-2)9-7-13/h3-10,12H,11H2,1-2H3,(H,21,25)(H,22,24). The van der Waals surface area contributed by atoms with Gasteiger partial charge in [0.1, 0.15) is 10.8 Å². The number of thiazole rings is 1. The van der Waals surface area contributed by atoms with E-state index in [1.54, 1.807) is 38.4 Å². The summed E-state index contributed by atoms with van der Waals surface area (Å²) in [5.74, 6) is 0.402. The molecule has 2 aromatic carbocycles. The van der Waals surface area contributed by atoms with Crippen molar-refractivity contribution in [2.24, 2.45) is 0 Å². The number of benzene rings is 2. The second kappa shape index (κ2) is 8.46. The highest BCUT2D eigenvalue weighted by atomic mass is 32.1. The zero-order valence-electron chi connectivity index (χ0n) is 15.0. The molecule has 0 saturated carbocycles. The zero-order chi connectivity index (χ0) is 19.2. The maximum Gasteiger partial charge on any atom is 0.251 e. The molecule has 2 N–H and O–H groups in total. The molecule has 0 radical (unpaired) electrons. The number of carbonyl (C=O) groups is 2. The number of rotatable bonds is 6. The topological polar surface area (TPSA) is 80.3 Å². The average Bonchev–Trinajstić information content (AvgIpc) is 3.15. The third-order valence-electron chi connectivity index (χ3n) is 3.87. The first kappa shape index (κ1) is 18.6. The Kier molecular flexibility index (Phi) is 5.83. The van der Waals surface area contributed by atoms with Crippen LogP contribution in [0.25, 0.3) is 10.6 Å². The molecule has 0 unspecified atom stereocenters. The SMILES string of the molecule is CNC(=O)c1cccc(NC(=O)Cc2csc(-c3ccc(OC)cc3)n2)c1. The van der Waals surface area contributed by atoms with Gasteiger partial charge in [0.2, 0.25) is 5.91 Å². The average molecular weight is 381 g/mol. The van der Waals surface area contributed by atoms with Gasteiger partial charge in [-0.05, 0) is 42.5 Å². The van der Waals surface area contributed by atoms with Crippen LogP contribution >= 0.6 is 11.3 Å². The van der Waals surface area contributed by atoms with Gasteiger partial charge in [0, 0.05) is 29.2 Å². The van der Waals surface area contributed by atoms with Gasteiger partial charge < -0.3 is 15.4 Å². The smallest absolute Gasteiger partial charge is 0.251 e. The summed E-state index contributed by atoms with van der Waals surface area (Å²) >= 11 is 1.49. The predicted octanol–water partition coefficient (Wildman–Crippen LogP) is 3.36. The molecule has 0 spiro atoms. The lowest BCUT2D eigenvalue weighted by molar-refractivity contribution is -0.115. The van der Waals surface area contributed by atoms with Crippen molar-refractivity contribution in [3.8, 4) is 16.3 Å². The van der Waals surface area contributed by atoms with Gasteiger partial charge in [-0.2, -0.15) is 0 Å². The van der Waals surface area contributed by atoms with E-state index in [4.69, 9.17) is 4.74 Å². The molecule has 2 amide bonds. The van der Waals surface area contributed by atoms with E-state index >= 15 is 0 Å². The van der Waals surface area contributed by atoms with Crippen LogP contribution in [0.2, 0.25) is 0 Å². The molecule has 3 rings (SSSR count). The molecule has 27 heavy (non-hydrogen) atoms. The third kappa shape index (κ3) is 4.71. The predicted molar refractivity (Wildman–Crippen MR) is 106 cm³/mol. The Balaban J connectivity index is 1.65. The van der Waals surface area contributed by atoms with Gasteiger partial charge in [0.05, 0.1) is 19.2 Å². The Morgan fingerprint density at radius 3 is 2.63 bits per heavy atom. The van der Waals surface area contributed by atoms with E-state index in [9.17, 15) is 9.59 Å². The summed E-state index contributed by atoms with van der Waals surface area (Å²) in [4.78, 5) is 28.5. The molecule has 0 aliphatic rings. The quantitative estimate of drug-likeness (QED) is 0.686. The van der Waals surface area contributed by atoms with Crippen LogP contribution in [0.4, 0.5) is 5.69 Å². The van der Waals surface area contributed by atoms with Crippen LogP contribution in [0, 0.1) is 0 Å². The molecule has 0 aliphatic carbocycles. The highest BCUT2D eigenvalue weighted by Gasteiger charge is 2.11. The summed E-state index contributed by atoms with van der Waals surface area (Å²) in [7, 11) is 3.19. The van der Waals surface area contributed by atoms with Crippen molar-refractivity contribution in [1.29, 1.82) is 0 Å². The van der Waals surface area contributed by atoms with E-state index in [-0.39, 0.29) is 18.2 Å². The van der Waals surface area contributed by atoms with Crippen molar-refractivity contribution in [2.45, 2.75) is 6.42 Å². The van der Waals surface area contributed by atoms with Crippen molar-refractivity contribution < 1.29 is 14.3 Å². The fourth-order valence-corrected chi connectivity index (χ4v) is 3.33. The van der Waals surface area contributed by atoms with E-state index in [1.807, 2.05) is 29.6 Å². The lowest BCUT2D eigenvalue weighted by atomic mass is 10.2. The monoisotopic (exact) mass is 381 g/mol. The molecule has 6 nitrogen and oxygen atoms in total. The Hall–Kier alpha value is -3.19. The minimum absolute atomic E-state index is 0.164. The molecule has 3 aromatic rings. The maximum atomic E-state index is 12.3. The van der Waals surface area contributed by atoms with Crippen molar-refractivity contribution in [3.05, 3.63) is 65.2 Å². The lowest BCUT2D eigenvalue weighted by Gasteiger charge is -2.06. The molecule has 7 heteroatoms. The minimum atomic E-state index is -0.199. The number of anilines is 1. The van der Waals surface area contributed by atoms with E-state index in [0.29, 0.717) is 16.9 Å². The van der Waals surface area contributed by atoms with E-state index in [0.717, 1.165) is 16.3 Å². The minimum Gasteiger partial charge on any atom is -0.497 e. The summed E-state index contributed by atoms with van der Waals surface area (Å²) in [6.07, 6.45) is 0.164. The van der Waals surface area contributed by atoms with Gasteiger partial charge in [-0.15, -0.1) is 11.3 Å². The number of nitrogens with zero attached hydrogens (tertiary/aromatic N) is 1. The lowest BCUT2D eigenvalue weighted by Crippen LogP contribution is -2.19. The molecule has 1 heterocycles. The molecule has 0 aliphatic heterocycles. The zero-order valence-corrected chi connectivity index (χ0v) is 15.8. The number of methoxy groups -OCH3 is 1. The summed E-state index contributed by atoms with van der Waals surface area (Å²) in [6, 6.07) is 14.4. The molecule has 0 saturated heterocycles. The largest absolute Gasteiger partial charge is 0.497 e. The highest BCUT2D eigenvalue weighted by Crippen LogP contribution is 2.26. The first-order chi connectivity index (χ1) is 13.1. The van der Waals surface area contributed by atoms with Gasteiger partial charge in [-0.25, -0.2) is 4.98 Å². The second-order valence-electron chi connectivity index (χ2n) is 5.76. The van der Waals surface area contributed by atoms with Crippen LogP contribution in [0.3, 0.4) is 0 Å². The third-order valence-corrected chi connectivity index (χ3v) is 4.81. The van der Waals surface area contributed by atoms with E-state index in [1.165, 1.54) is 11.3 Å². The van der Waals surface area contributed by atoms with Crippen LogP contribution < -0.4 is 15.4 Å². The highest BCUT2D eigenvalue weighted by molar-refractivity contribution is 7.13. The summed E-state index contributed by atoms with van der Waals surface area (Å²) in [6.45, 7) is 0. The molecule has 0 bridgehead atoms. The molecule has 1 aromatic heterocycles. The Labute approximate surface area is 161 Å². The molecular formula is C20H19N3O3S. The van der Waals surface area contributed by atoms with Crippen molar-refractivity contribution in [2.75, 3.05) is 19.5 Å². The maximum absolute atomic E-state index is 12.3. The summed E-state index contributed by atoms with van der Waals surface area (Å²) in [5.41, 5.74) is 2.74. The van der Waals surface area contributed by atoms with E-state index < -0.39 is 0 Å². The fraction of sp³-hybridized carbons (Fsp3) is 0.150. The van der Waals surface area contributed by atoms with Gasteiger partial charge in [0.15, 0.2) is 0 Å². The number of hydrogen-bond acceptors (Lipinski definition) is 5. The van der Waals surface area contributed by atoms with Crippen LogP contribution in [-0.4, -0.2) is 31.0 Å². The van der Waals surface area contributed by atoms with Gasteiger partial charge in [-0.3, -0.25) is 9.59 Å². The number of nitrogens with one attached hydrogen (secondary N) is 2. The normalized spacial score (nSPS) is 10.3. The fourth-order valence-electron chi connectivity index (χ4n) is 2.51. The van der Waals surface area contributed by atoms with Crippen molar-refractivity contribution >= 4 is 28.8 Å². The number of amides is 2. The van der Waals surface area contributed by atoms with Gasteiger partial charge in [0.25, 0.3) is 5.91 Å². The molecule has 0 atom stereocenters. The Morgan fingerprint density at radius 1 is 1.15 bits per heavy atom. The van der Waals surface area contributed by atoms with Gasteiger partial charge >= 0.3 is 0 Å². The number of ether oxygens (including phenoxy) is 1. The molecule has 138 valence electrons. The summed E-state index contributed by atoms with van der Waals surface area (Å²) < 4.78 is 5.15. The van der Waals surface area contributed by atoms with Crippen molar-refractivity contribution in [1.82, 2.24) is 10.3 Å².